The van der Waals surface area contributed by atoms with Gasteiger partial charge in [-0.2, -0.15) is 0 Å². The number of aromatic hydroxyl groups is 2. The van der Waals surface area contributed by atoms with Crippen molar-refractivity contribution in [1.29, 1.82) is 0 Å². The maximum Gasteiger partial charge on any atom is 0.120 e. The Kier molecular flexibility index (Phi) is 4.12. The van der Waals surface area contributed by atoms with Gasteiger partial charge in [0, 0.05) is 27.9 Å². The number of aryl methyl sites for hydroxylation is 2. The van der Waals surface area contributed by atoms with Gasteiger partial charge in [-0.1, -0.05) is 0 Å². The lowest BCUT2D eigenvalue weighted by Gasteiger charge is -2.15. The van der Waals surface area contributed by atoms with E-state index in [1.54, 1.807) is 17.4 Å². The van der Waals surface area contributed by atoms with Gasteiger partial charge in [-0.05, 0) is 50.6 Å². The summed E-state index contributed by atoms with van der Waals surface area (Å²) in [5.74, 6) is 0.376. The van der Waals surface area contributed by atoms with E-state index in [1.165, 1.54) is 27.5 Å². The van der Waals surface area contributed by atoms with Crippen LogP contribution in [0.1, 0.15) is 33.8 Å². The summed E-state index contributed by atoms with van der Waals surface area (Å²) in [5.41, 5.74) is 2.03. The molecule has 1 aromatic heterocycles. The predicted molar refractivity (Wildman–Crippen MR) is 78.8 cm³/mol. The minimum Gasteiger partial charge on any atom is -0.508 e. The highest BCUT2D eigenvalue weighted by Crippen LogP contribution is 2.28. The van der Waals surface area contributed by atoms with Crippen LogP contribution < -0.4 is 5.32 Å². The van der Waals surface area contributed by atoms with Crippen molar-refractivity contribution in [2.45, 2.75) is 33.4 Å². The van der Waals surface area contributed by atoms with Gasteiger partial charge in [0.05, 0.1) is 0 Å². The van der Waals surface area contributed by atoms with Gasteiger partial charge in [0.25, 0.3) is 0 Å². The molecule has 2 aromatic rings. The predicted octanol–water partition coefficient (Wildman–Crippen LogP) is 3.63. The van der Waals surface area contributed by atoms with Crippen molar-refractivity contribution in [2.24, 2.45) is 0 Å². The lowest BCUT2D eigenvalue weighted by molar-refractivity contribution is 0.441. The molecule has 3 N–H and O–H groups in total. The van der Waals surface area contributed by atoms with E-state index in [9.17, 15) is 10.2 Å². The molecule has 0 spiro atoms. The van der Waals surface area contributed by atoms with Crippen LogP contribution in [0.5, 0.6) is 11.5 Å². The summed E-state index contributed by atoms with van der Waals surface area (Å²) in [4.78, 5) is 2.62. The minimum absolute atomic E-state index is 0.0187. The van der Waals surface area contributed by atoms with Crippen molar-refractivity contribution in [1.82, 2.24) is 5.32 Å². The van der Waals surface area contributed by atoms with Gasteiger partial charge in [0.2, 0.25) is 0 Å². The summed E-state index contributed by atoms with van der Waals surface area (Å²) in [5, 5.41) is 22.6. The molecule has 0 saturated carbocycles. The fourth-order valence-electron chi connectivity index (χ4n) is 1.99. The first kappa shape index (κ1) is 13.9. The first-order valence-corrected chi connectivity index (χ1v) is 7.10. The molecule has 2 rings (SSSR count). The molecule has 0 fully saturated rings. The average molecular weight is 277 g/mol. The number of hydrogen-bond donors (Lipinski definition) is 3. The molecule has 1 heterocycles. The van der Waals surface area contributed by atoms with Crippen LogP contribution in [-0.2, 0) is 6.54 Å². The van der Waals surface area contributed by atoms with E-state index in [0.29, 0.717) is 5.56 Å². The second-order valence-electron chi connectivity index (χ2n) is 4.80. The highest BCUT2D eigenvalue weighted by Gasteiger charge is 2.11. The number of rotatable bonds is 4. The summed E-state index contributed by atoms with van der Waals surface area (Å²) in [6, 6.07) is 6.76. The Morgan fingerprint density at radius 1 is 1.21 bits per heavy atom. The third-order valence-electron chi connectivity index (χ3n) is 3.28. The summed E-state index contributed by atoms with van der Waals surface area (Å²) >= 11 is 1.78. The van der Waals surface area contributed by atoms with Crippen LogP contribution in [0.15, 0.2) is 24.3 Å². The summed E-state index contributed by atoms with van der Waals surface area (Å²) in [6.45, 7) is 6.96. The number of phenolic OH excluding ortho intramolecular Hbond substituents is 2. The maximum absolute atomic E-state index is 9.80. The number of phenols is 2. The van der Waals surface area contributed by atoms with Gasteiger partial charge in [-0.3, -0.25) is 0 Å². The van der Waals surface area contributed by atoms with Gasteiger partial charge < -0.3 is 15.5 Å². The van der Waals surface area contributed by atoms with Crippen molar-refractivity contribution in [3.8, 4) is 11.5 Å². The van der Waals surface area contributed by atoms with E-state index in [0.717, 1.165) is 6.54 Å². The van der Waals surface area contributed by atoms with Crippen LogP contribution in [-0.4, -0.2) is 10.2 Å². The lowest BCUT2D eigenvalue weighted by atomic mass is 10.1. The topological polar surface area (TPSA) is 52.5 Å². The zero-order valence-corrected chi connectivity index (χ0v) is 12.2. The zero-order chi connectivity index (χ0) is 14.0. The van der Waals surface area contributed by atoms with E-state index in [-0.39, 0.29) is 17.5 Å². The monoisotopic (exact) mass is 277 g/mol. The molecular weight excluding hydrogens is 258 g/mol. The normalized spacial score (nSPS) is 12.6. The molecule has 0 bridgehead atoms. The van der Waals surface area contributed by atoms with Crippen LogP contribution in [0.25, 0.3) is 0 Å². The Labute approximate surface area is 117 Å². The zero-order valence-electron chi connectivity index (χ0n) is 11.4. The van der Waals surface area contributed by atoms with Crippen LogP contribution in [0, 0.1) is 13.8 Å². The van der Waals surface area contributed by atoms with Crippen LogP contribution in [0.4, 0.5) is 0 Å². The fourth-order valence-corrected chi connectivity index (χ4v) is 2.99. The van der Waals surface area contributed by atoms with Crippen LogP contribution in [0.3, 0.4) is 0 Å². The Morgan fingerprint density at radius 2 is 1.95 bits per heavy atom. The molecule has 0 amide bonds. The summed E-state index contributed by atoms with van der Waals surface area (Å²) in [7, 11) is 0. The maximum atomic E-state index is 9.80. The van der Waals surface area contributed by atoms with Gasteiger partial charge >= 0.3 is 0 Å². The molecule has 102 valence electrons. The third-order valence-corrected chi connectivity index (χ3v) is 4.43. The molecule has 1 atom stereocenters. The number of thiophene rings is 1. The van der Waals surface area contributed by atoms with E-state index >= 15 is 0 Å². The molecule has 0 aliphatic carbocycles. The first-order chi connectivity index (χ1) is 8.97. The largest absolute Gasteiger partial charge is 0.508 e. The molecule has 19 heavy (non-hydrogen) atoms. The van der Waals surface area contributed by atoms with Crippen molar-refractivity contribution in [3.63, 3.8) is 0 Å². The van der Waals surface area contributed by atoms with Crippen molar-refractivity contribution in [3.05, 3.63) is 45.1 Å². The highest BCUT2D eigenvalue weighted by atomic mass is 32.1. The second-order valence-corrected chi connectivity index (χ2v) is 6.14. The van der Waals surface area contributed by atoms with E-state index in [2.05, 4.69) is 25.2 Å². The Morgan fingerprint density at radius 3 is 2.58 bits per heavy atom. The molecule has 0 aliphatic rings. The molecule has 1 unspecified atom stereocenters. The molecule has 0 aliphatic heterocycles. The molecule has 1 aromatic carbocycles. The fraction of sp³-hybridized carbons (Fsp3) is 0.333. The molecular formula is C15H19NO2S. The number of benzene rings is 1. The third kappa shape index (κ3) is 3.28. The smallest absolute Gasteiger partial charge is 0.120 e. The van der Waals surface area contributed by atoms with Gasteiger partial charge in [0.15, 0.2) is 0 Å². The minimum atomic E-state index is -0.0187. The molecule has 0 radical (unpaired) electrons. The molecule has 0 saturated heterocycles. The SMILES string of the molecule is Cc1cc(CNC(C)c2cc(O)ccc2O)sc1C. The molecule has 4 heteroatoms. The number of nitrogens with one attached hydrogen (secondary N) is 1. The Balaban J connectivity index is 2.04. The second kappa shape index (κ2) is 5.63. The van der Waals surface area contributed by atoms with Gasteiger partial charge in [-0.15, -0.1) is 11.3 Å². The summed E-state index contributed by atoms with van der Waals surface area (Å²) < 4.78 is 0. The van der Waals surface area contributed by atoms with E-state index in [4.69, 9.17) is 0 Å². The van der Waals surface area contributed by atoms with Gasteiger partial charge in [-0.25, -0.2) is 0 Å². The van der Waals surface area contributed by atoms with E-state index < -0.39 is 0 Å². The lowest BCUT2D eigenvalue weighted by Crippen LogP contribution is -2.17. The quantitative estimate of drug-likeness (QED) is 0.748. The average Bonchev–Trinajstić information content (AvgIpc) is 2.69. The van der Waals surface area contributed by atoms with Crippen LogP contribution >= 0.6 is 11.3 Å². The van der Waals surface area contributed by atoms with Crippen molar-refractivity contribution in [2.75, 3.05) is 0 Å². The first-order valence-electron chi connectivity index (χ1n) is 6.28. The van der Waals surface area contributed by atoms with Gasteiger partial charge in [0.1, 0.15) is 11.5 Å². The van der Waals surface area contributed by atoms with Crippen LogP contribution in [0.2, 0.25) is 0 Å². The number of hydrogen-bond acceptors (Lipinski definition) is 4. The molecule has 3 nitrogen and oxygen atoms in total. The summed E-state index contributed by atoms with van der Waals surface area (Å²) in [6.07, 6.45) is 0. The Bertz CT molecular complexity index is 558. The Hall–Kier alpha value is -1.52. The highest BCUT2D eigenvalue weighted by molar-refractivity contribution is 7.12. The van der Waals surface area contributed by atoms with E-state index in [1.807, 2.05) is 6.92 Å². The standard InChI is InChI=1S/C15H19NO2S/c1-9-6-13(19-11(9)3)8-16-10(2)14-7-12(17)4-5-15(14)18/h4-7,10,16-18H,8H2,1-3H3. The van der Waals surface area contributed by atoms with Crippen molar-refractivity contribution < 1.29 is 10.2 Å². The van der Waals surface area contributed by atoms with Crippen molar-refractivity contribution >= 4 is 11.3 Å².